The first-order chi connectivity index (χ1) is 13.3. The molecule has 130 valence electrons. The van der Waals surface area contributed by atoms with Crippen molar-refractivity contribution in [3.63, 3.8) is 0 Å². The highest BCUT2D eigenvalue weighted by Gasteiger charge is 2.14. The van der Waals surface area contributed by atoms with Gasteiger partial charge in [-0.05, 0) is 36.4 Å². The number of nitrogens with zero attached hydrogens (tertiary/aromatic N) is 4. The Bertz CT molecular complexity index is 1280. The summed E-state index contributed by atoms with van der Waals surface area (Å²) >= 11 is 0. The third-order valence-corrected chi connectivity index (χ3v) is 4.29. The van der Waals surface area contributed by atoms with Gasteiger partial charge in [-0.3, -0.25) is 5.10 Å². The van der Waals surface area contributed by atoms with Gasteiger partial charge in [0, 0.05) is 11.6 Å². The number of rotatable bonds is 3. The van der Waals surface area contributed by atoms with Crippen LogP contribution in [0.1, 0.15) is 0 Å². The van der Waals surface area contributed by atoms with Crippen LogP contribution in [-0.4, -0.2) is 25.1 Å². The van der Waals surface area contributed by atoms with Crippen molar-refractivity contribution in [3.05, 3.63) is 72.7 Å². The molecule has 0 fully saturated rings. The summed E-state index contributed by atoms with van der Waals surface area (Å²) in [6.07, 6.45) is 1.65. The molecule has 2 N–H and O–H groups in total. The van der Waals surface area contributed by atoms with E-state index < -0.39 is 0 Å². The van der Waals surface area contributed by atoms with E-state index >= 15 is 0 Å². The molecule has 0 aliphatic rings. The van der Waals surface area contributed by atoms with Gasteiger partial charge in [0.15, 0.2) is 17.3 Å². The Labute approximate surface area is 153 Å². The summed E-state index contributed by atoms with van der Waals surface area (Å²) in [6.45, 7) is 0. The van der Waals surface area contributed by atoms with Gasteiger partial charge in [-0.2, -0.15) is 5.10 Å². The van der Waals surface area contributed by atoms with Crippen LogP contribution in [0.15, 0.2) is 66.9 Å². The Hall–Kier alpha value is -3.87. The first kappa shape index (κ1) is 15.4. The second-order valence-electron chi connectivity index (χ2n) is 5.99. The molecule has 3 heterocycles. The molecule has 3 aromatic heterocycles. The molecular formula is C20H13FN6. The number of para-hydroxylation sites is 1. The Morgan fingerprint density at radius 3 is 2.56 bits per heavy atom. The van der Waals surface area contributed by atoms with Crippen molar-refractivity contribution in [1.29, 1.82) is 0 Å². The third-order valence-electron chi connectivity index (χ3n) is 4.29. The van der Waals surface area contributed by atoms with Crippen LogP contribution in [0.3, 0.4) is 0 Å². The summed E-state index contributed by atoms with van der Waals surface area (Å²) in [5.74, 6) is 1.03. The number of halogens is 1. The van der Waals surface area contributed by atoms with Crippen molar-refractivity contribution in [3.8, 4) is 11.4 Å². The molecule has 0 spiro atoms. The molecular weight excluding hydrogens is 343 g/mol. The molecule has 0 bridgehead atoms. The molecule has 0 amide bonds. The fourth-order valence-corrected chi connectivity index (χ4v) is 2.99. The molecule has 2 aromatic carbocycles. The number of nitrogens with one attached hydrogen (secondary N) is 2. The smallest absolute Gasteiger partial charge is 0.166 e. The van der Waals surface area contributed by atoms with E-state index in [4.69, 9.17) is 0 Å². The van der Waals surface area contributed by atoms with E-state index in [1.807, 2.05) is 36.4 Å². The highest BCUT2D eigenvalue weighted by molar-refractivity contribution is 5.95. The van der Waals surface area contributed by atoms with E-state index in [0.29, 0.717) is 22.8 Å². The maximum atomic E-state index is 14.3. The number of benzene rings is 2. The lowest BCUT2D eigenvalue weighted by atomic mass is 10.2. The van der Waals surface area contributed by atoms with Crippen LogP contribution >= 0.6 is 0 Å². The highest BCUT2D eigenvalue weighted by atomic mass is 19.1. The standard InChI is InChI=1S/C20H13FN6/c21-15-9-3-1-6-12(15)18-23-17-14(8-5-11-22-17)19(24-18)25-20-13-7-2-4-10-16(13)26-27-20/h1-11H,(H2,22,23,24,25,26,27). The number of pyridine rings is 1. The van der Waals surface area contributed by atoms with Crippen molar-refractivity contribution < 1.29 is 4.39 Å². The molecule has 0 radical (unpaired) electrons. The summed E-state index contributed by atoms with van der Waals surface area (Å²) in [5.41, 5.74) is 1.71. The van der Waals surface area contributed by atoms with E-state index in [1.54, 1.807) is 24.4 Å². The second-order valence-corrected chi connectivity index (χ2v) is 5.99. The number of hydrogen-bond donors (Lipinski definition) is 2. The zero-order chi connectivity index (χ0) is 18.2. The summed E-state index contributed by atoms with van der Waals surface area (Å²) in [6, 6.07) is 17.9. The minimum atomic E-state index is -0.385. The van der Waals surface area contributed by atoms with Gasteiger partial charge in [-0.15, -0.1) is 0 Å². The third kappa shape index (κ3) is 2.65. The van der Waals surface area contributed by atoms with Crippen LogP contribution in [0, 0.1) is 5.82 Å². The molecule has 0 saturated heterocycles. The number of anilines is 2. The Morgan fingerprint density at radius 2 is 1.63 bits per heavy atom. The lowest BCUT2D eigenvalue weighted by Crippen LogP contribution is -2.01. The van der Waals surface area contributed by atoms with E-state index in [1.165, 1.54) is 6.07 Å². The van der Waals surface area contributed by atoms with Crippen molar-refractivity contribution in [1.82, 2.24) is 25.1 Å². The van der Waals surface area contributed by atoms with E-state index in [9.17, 15) is 4.39 Å². The minimum absolute atomic E-state index is 0.265. The monoisotopic (exact) mass is 356 g/mol. The number of fused-ring (bicyclic) bond motifs is 2. The van der Waals surface area contributed by atoms with Gasteiger partial charge in [0.25, 0.3) is 0 Å². The molecule has 5 rings (SSSR count). The van der Waals surface area contributed by atoms with Gasteiger partial charge in [-0.25, -0.2) is 19.3 Å². The minimum Gasteiger partial charge on any atom is -0.322 e. The van der Waals surface area contributed by atoms with Gasteiger partial charge < -0.3 is 5.32 Å². The van der Waals surface area contributed by atoms with Crippen LogP contribution in [-0.2, 0) is 0 Å². The molecule has 0 unspecified atom stereocenters. The first-order valence-corrected chi connectivity index (χ1v) is 8.37. The Kier molecular flexibility index (Phi) is 3.50. The molecule has 0 saturated carbocycles. The predicted molar refractivity (Wildman–Crippen MR) is 102 cm³/mol. The average Bonchev–Trinajstić information content (AvgIpc) is 3.11. The van der Waals surface area contributed by atoms with Crippen LogP contribution in [0.25, 0.3) is 33.3 Å². The van der Waals surface area contributed by atoms with Gasteiger partial charge >= 0.3 is 0 Å². The lowest BCUT2D eigenvalue weighted by molar-refractivity contribution is 0.630. The van der Waals surface area contributed by atoms with Crippen LogP contribution < -0.4 is 5.32 Å². The highest BCUT2D eigenvalue weighted by Crippen LogP contribution is 2.29. The van der Waals surface area contributed by atoms with Gasteiger partial charge in [0.05, 0.1) is 16.5 Å². The second kappa shape index (κ2) is 6.14. The van der Waals surface area contributed by atoms with Crippen molar-refractivity contribution in [2.24, 2.45) is 0 Å². The SMILES string of the molecule is Fc1ccccc1-c1nc(Nc2n[nH]c3ccccc23)c2cccnc2n1. The fraction of sp³-hybridized carbons (Fsp3) is 0. The topological polar surface area (TPSA) is 79.4 Å². The maximum absolute atomic E-state index is 14.3. The van der Waals surface area contributed by atoms with Gasteiger partial charge in [0.2, 0.25) is 0 Å². The molecule has 27 heavy (non-hydrogen) atoms. The Balaban J connectivity index is 1.70. The van der Waals surface area contributed by atoms with Crippen LogP contribution in [0.4, 0.5) is 16.0 Å². The molecule has 0 aliphatic carbocycles. The molecule has 6 nitrogen and oxygen atoms in total. The van der Waals surface area contributed by atoms with E-state index in [-0.39, 0.29) is 11.6 Å². The van der Waals surface area contributed by atoms with Crippen molar-refractivity contribution >= 4 is 33.6 Å². The quantitative estimate of drug-likeness (QED) is 0.499. The summed E-state index contributed by atoms with van der Waals surface area (Å²) < 4.78 is 14.3. The Morgan fingerprint density at radius 1 is 0.815 bits per heavy atom. The van der Waals surface area contributed by atoms with Crippen molar-refractivity contribution in [2.75, 3.05) is 5.32 Å². The summed E-state index contributed by atoms with van der Waals surface area (Å²) in [5, 5.41) is 12.2. The normalized spacial score (nSPS) is 11.1. The van der Waals surface area contributed by atoms with E-state index in [2.05, 4.69) is 30.5 Å². The van der Waals surface area contributed by atoms with Gasteiger partial charge in [-0.1, -0.05) is 24.3 Å². The largest absolute Gasteiger partial charge is 0.322 e. The lowest BCUT2D eigenvalue weighted by Gasteiger charge is -2.09. The molecule has 7 heteroatoms. The zero-order valence-corrected chi connectivity index (χ0v) is 14.0. The average molecular weight is 356 g/mol. The zero-order valence-electron chi connectivity index (χ0n) is 14.0. The number of H-pyrrole nitrogens is 1. The number of hydrogen-bond acceptors (Lipinski definition) is 5. The van der Waals surface area contributed by atoms with Crippen LogP contribution in [0.5, 0.6) is 0 Å². The molecule has 0 atom stereocenters. The fourth-order valence-electron chi connectivity index (χ4n) is 2.99. The van der Waals surface area contributed by atoms with Crippen molar-refractivity contribution in [2.45, 2.75) is 0 Å². The van der Waals surface area contributed by atoms with Gasteiger partial charge in [0.1, 0.15) is 11.6 Å². The maximum Gasteiger partial charge on any atom is 0.166 e. The first-order valence-electron chi connectivity index (χ1n) is 8.37. The number of aromatic amines is 1. The summed E-state index contributed by atoms with van der Waals surface area (Å²) in [7, 11) is 0. The summed E-state index contributed by atoms with van der Waals surface area (Å²) in [4.78, 5) is 13.3. The predicted octanol–water partition coefficient (Wildman–Crippen LogP) is 4.45. The molecule has 5 aromatic rings. The number of aromatic nitrogens is 5. The van der Waals surface area contributed by atoms with E-state index in [0.717, 1.165) is 16.3 Å². The molecule has 0 aliphatic heterocycles. The van der Waals surface area contributed by atoms with Crippen LogP contribution in [0.2, 0.25) is 0 Å².